The minimum atomic E-state index is -4.59. The number of hydrogen-bond acceptors (Lipinski definition) is 6. The number of unbranched alkanes of at least 4 members (excludes halogenated alkanes) is 27. The van der Waals surface area contributed by atoms with Crippen molar-refractivity contribution in [3.63, 3.8) is 0 Å². The molecule has 0 heterocycles. The summed E-state index contributed by atoms with van der Waals surface area (Å²) in [7, 11) is 1.24. The van der Waals surface area contributed by atoms with E-state index in [1.807, 2.05) is 27.2 Å². The Kier molecular flexibility index (Phi) is 40.2. The van der Waals surface area contributed by atoms with Gasteiger partial charge in [0.1, 0.15) is 13.2 Å². The van der Waals surface area contributed by atoms with E-state index in [2.05, 4.69) is 43.5 Å². The highest BCUT2D eigenvalue weighted by Crippen LogP contribution is 2.38. The average Bonchev–Trinajstić information content (AvgIpc) is 3.17. The molecule has 0 saturated heterocycles. The van der Waals surface area contributed by atoms with Crippen LogP contribution in [0, 0.1) is 0 Å². The SMILES string of the molecule is CC/C=C/CC/C=C/CC/C=C/C(O)C(COP(=O)([O-])OCC[N+](C)(C)C)NC(=O)CCCCCCCCCCCCCCCCCCCCCCCCCCCC. The molecule has 0 fully saturated rings. The van der Waals surface area contributed by atoms with E-state index in [9.17, 15) is 19.4 Å². The Morgan fingerprint density at radius 1 is 0.603 bits per heavy atom. The van der Waals surface area contributed by atoms with Gasteiger partial charge in [0.25, 0.3) is 7.82 Å². The molecule has 8 nitrogen and oxygen atoms in total. The van der Waals surface area contributed by atoms with Crippen LogP contribution in [-0.2, 0) is 18.4 Å². The van der Waals surface area contributed by atoms with Crippen molar-refractivity contribution in [2.24, 2.45) is 0 Å². The molecule has 0 aliphatic rings. The maximum atomic E-state index is 12.8. The zero-order chi connectivity index (χ0) is 42.8. The number of rotatable bonds is 44. The number of amides is 1. The zero-order valence-corrected chi connectivity index (χ0v) is 39.6. The number of nitrogens with zero attached hydrogens (tertiary/aromatic N) is 1. The summed E-state index contributed by atoms with van der Waals surface area (Å²) in [6, 6.07) is -0.905. The molecule has 0 aliphatic heterocycles. The van der Waals surface area contributed by atoms with Crippen LogP contribution in [0.1, 0.15) is 219 Å². The topological polar surface area (TPSA) is 108 Å². The van der Waals surface area contributed by atoms with E-state index in [1.165, 1.54) is 148 Å². The van der Waals surface area contributed by atoms with Crippen LogP contribution in [0.3, 0.4) is 0 Å². The quantitative estimate of drug-likeness (QED) is 0.0274. The highest BCUT2D eigenvalue weighted by molar-refractivity contribution is 7.45. The summed E-state index contributed by atoms with van der Waals surface area (Å²) >= 11 is 0. The predicted molar refractivity (Wildman–Crippen MR) is 247 cm³/mol. The van der Waals surface area contributed by atoms with Gasteiger partial charge in [0.05, 0.1) is 39.9 Å². The molecule has 0 saturated carbocycles. The van der Waals surface area contributed by atoms with E-state index >= 15 is 0 Å². The third-order valence-electron chi connectivity index (χ3n) is 10.8. The van der Waals surface area contributed by atoms with E-state index in [-0.39, 0.29) is 12.5 Å². The molecule has 0 rings (SSSR count). The number of aliphatic hydroxyl groups excluding tert-OH is 1. The minimum Gasteiger partial charge on any atom is -0.756 e. The molecule has 0 aromatic rings. The summed E-state index contributed by atoms with van der Waals surface area (Å²) in [6.07, 6.45) is 50.9. The van der Waals surface area contributed by atoms with Crippen LogP contribution >= 0.6 is 7.82 Å². The largest absolute Gasteiger partial charge is 0.756 e. The maximum Gasteiger partial charge on any atom is 0.268 e. The predicted octanol–water partition coefficient (Wildman–Crippen LogP) is 13.2. The molecule has 58 heavy (non-hydrogen) atoms. The molecule has 3 unspecified atom stereocenters. The van der Waals surface area contributed by atoms with Gasteiger partial charge in [-0.15, -0.1) is 0 Å². The second kappa shape index (κ2) is 41.1. The van der Waals surface area contributed by atoms with Crippen molar-refractivity contribution in [3.05, 3.63) is 36.5 Å². The van der Waals surface area contributed by atoms with Crippen LogP contribution in [0.15, 0.2) is 36.5 Å². The van der Waals surface area contributed by atoms with Gasteiger partial charge in [0.15, 0.2) is 0 Å². The summed E-state index contributed by atoms with van der Waals surface area (Å²) in [6.45, 7) is 4.50. The van der Waals surface area contributed by atoms with Crippen LogP contribution in [0.5, 0.6) is 0 Å². The molecule has 3 atom stereocenters. The summed E-state index contributed by atoms with van der Waals surface area (Å²) < 4.78 is 23.1. The molecular weight excluding hydrogens is 744 g/mol. The van der Waals surface area contributed by atoms with Crippen LogP contribution < -0.4 is 10.2 Å². The lowest BCUT2D eigenvalue weighted by atomic mass is 10.0. The van der Waals surface area contributed by atoms with Gasteiger partial charge in [0.2, 0.25) is 5.91 Å². The van der Waals surface area contributed by atoms with Crippen LogP contribution in [0.2, 0.25) is 0 Å². The third-order valence-corrected chi connectivity index (χ3v) is 11.8. The summed E-state index contributed by atoms with van der Waals surface area (Å²) in [5.41, 5.74) is 0. The normalized spacial score (nSPS) is 14.5. The molecule has 0 spiro atoms. The second-order valence-electron chi connectivity index (χ2n) is 17.8. The average molecular weight is 839 g/mol. The van der Waals surface area contributed by atoms with Crippen molar-refractivity contribution in [2.45, 2.75) is 231 Å². The number of phosphoric acid groups is 1. The van der Waals surface area contributed by atoms with Crippen molar-refractivity contribution in [3.8, 4) is 0 Å². The Hall–Kier alpha value is -1.28. The van der Waals surface area contributed by atoms with Crippen molar-refractivity contribution < 1.29 is 32.9 Å². The van der Waals surface area contributed by atoms with E-state index in [0.717, 1.165) is 51.4 Å². The highest BCUT2D eigenvalue weighted by atomic mass is 31.2. The molecule has 1 amide bonds. The summed E-state index contributed by atoms with van der Waals surface area (Å²) in [5, 5.41) is 13.7. The van der Waals surface area contributed by atoms with Crippen molar-refractivity contribution in [1.82, 2.24) is 5.32 Å². The van der Waals surface area contributed by atoms with Gasteiger partial charge in [-0.25, -0.2) is 0 Å². The Morgan fingerprint density at radius 3 is 1.38 bits per heavy atom. The first-order valence-electron chi connectivity index (χ1n) is 24.4. The fourth-order valence-corrected chi connectivity index (χ4v) is 7.74. The third kappa shape index (κ3) is 42.8. The summed E-state index contributed by atoms with van der Waals surface area (Å²) in [4.78, 5) is 25.3. The van der Waals surface area contributed by atoms with Gasteiger partial charge < -0.3 is 28.8 Å². The molecule has 0 bridgehead atoms. The van der Waals surface area contributed by atoms with Gasteiger partial charge in [-0.1, -0.05) is 211 Å². The lowest BCUT2D eigenvalue weighted by molar-refractivity contribution is -0.870. The van der Waals surface area contributed by atoms with E-state index in [0.29, 0.717) is 17.4 Å². The van der Waals surface area contributed by atoms with Crippen molar-refractivity contribution in [1.29, 1.82) is 0 Å². The first-order valence-corrected chi connectivity index (χ1v) is 25.8. The molecule has 342 valence electrons. The Labute approximate surface area is 359 Å². The molecule has 2 N–H and O–H groups in total. The van der Waals surface area contributed by atoms with Crippen LogP contribution in [-0.4, -0.2) is 68.5 Å². The number of carbonyl (C=O) groups is 1. The van der Waals surface area contributed by atoms with Crippen molar-refractivity contribution >= 4 is 13.7 Å². The van der Waals surface area contributed by atoms with Gasteiger partial charge >= 0.3 is 0 Å². The Morgan fingerprint density at radius 2 is 0.983 bits per heavy atom. The molecule has 0 radical (unpaired) electrons. The van der Waals surface area contributed by atoms with Gasteiger partial charge in [0, 0.05) is 6.42 Å². The summed E-state index contributed by atoms with van der Waals surface area (Å²) in [5.74, 6) is -0.211. The zero-order valence-electron chi connectivity index (χ0n) is 38.8. The number of hydrogen-bond donors (Lipinski definition) is 2. The number of allylic oxidation sites excluding steroid dienone is 5. The maximum absolute atomic E-state index is 12.8. The van der Waals surface area contributed by atoms with Gasteiger partial charge in [-0.3, -0.25) is 9.36 Å². The molecule has 9 heteroatoms. The second-order valence-corrected chi connectivity index (χ2v) is 19.2. The number of nitrogens with one attached hydrogen (secondary N) is 1. The fourth-order valence-electron chi connectivity index (χ4n) is 7.02. The molecule has 0 aliphatic carbocycles. The van der Waals surface area contributed by atoms with Crippen LogP contribution in [0.4, 0.5) is 0 Å². The van der Waals surface area contributed by atoms with E-state index in [4.69, 9.17) is 9.05 Å². The minimum absolute atomic E-state index is 0.00815. The molecule has 0 aromatic carbocycles. The number of phosphoric ester groups is 1. The molecular formula is C49H95N2O6P. The van der Waals surface area contributed by atoms with Gasteiger partial charge in [-0.2, -0.15) is 0 Å². The standard InChI is InChI=1S/C49H95N2O6P/c1-6-8-10-12-14-16-18-19-20-21-22-23-24-25-26-27-28-29-30-31-32-33-35-37-39-41-43-49(53)50-47(46-57-58(54,55)56-45-44-51(3,4)5)48(52)42-40-38-36-34-17-15-13-11-9-7-2/h9,11,17,34,40,42,47-48,52H,6-8,10,12-16,18-33,35-39,41,43-46H2,1-5H3,(H-,50,53,54,55)/b11-9+,34-17+,42-40+. The van der Waals surface area contributed by atoms with Crippen molar-refractivity contribution in [2.75, 3.05) is 40.9 Å². The lowest BCUT2D eigenvalue weighted by Crippen LogP contribution is -2.45. The monoisotopic (exact) mass is 839 g/mol. The van der Waals surface area contributed by atoms with E-state index < -0.39 is 26.6 Å². The smallest absolute Gasteiger partial charge is 0.268 e. The first kappa shape index (κ1) is 56.7. The Balaban J connectivity index is 4.11. The highest BCUT2D eigenvalue weighted by Gasteiger charge is 2.23. The number of quaternary nitrogens is 1. The first-order chi connectivity index (χ1) is 28.0. The van der Waals surface area contributed by atoms with Crippen LogP contribution in [0.25, 0.3) is 0 Å². The lowest BCUT2D eigenvalue weighted by Gasteiger charge is -2.29. The number of aliphatic hydroxyl groups is 1. The van der Waals surface area contributed by atoms with Gasteiger partial charge in [-0.05, 0) is 38.5 Å². The fraction of sp³-hybridized carbons (Fsp3) is 0.857. The number of carbonyl (C=O) groups excluding carboxylic acids is 1. The Bertz CT molecular complexity index is 1040. The van der Waals surface area contributed by atoms with E-state index in [1.54, 1.807) is 6.08 Å². The molecule has 0 aromatic heterocycles. The number of likely N-dealkylation sites (N-methyl/N-ethyl adjacent to an activating group) is 1.